The van der Waals surface area contributed by atoms with Gasteiger partial charge in [0.05, 0.1) is 11.9 Å². The van der Waals surface area contributed by atoms with E-state index in [2.05, 4.69) is 20.9 Å². The van der Waals surface area contributed by atoms with E-state index in [1.54, 1.807) is 36.3 Å². The molecule has 0 bridgehead atoms. The number of rotatable bonds is 3. The molecule has 0 aromatic carbocycles. The number of aromatic nitrogens is 3. The molecule has 23 heavy (non-hydrogen) atoms. The van der Waals surface area contributed by atoms with Crippen molar-refractivity contribution in [1.29, 1.82) is 5.26 Å². The zero-order valence-electron chi connectivity index (χ0n) is 13.1. The largest absolute Gasteiger partial charge is 0.357 e. The second-order valence-corrected chi connectivity index (χ2v) is 5.98. The molecule has 0 spiro atoms. The van der Waals surface area contributed by atoms with Crippen molar-refractivity contribution >= 4 is 5.82 Å². The Morgan fingerprint density at radius 2 is 2.09 bits per heavy atom. The maximum Gasteiger partial charge on any atom is 0.256 e. The van der Waals surface area contributed by atoms with Gasteiger partial charge in [-0.05, 0) is 37.8 Å². The number of hydrogen-bond acceptors (Lipinski definition) is 5. The minimum Gasteiger partial charge on any atom is -0.357 e. The zero-order valence-corrected chi connectivity index (χ0v) is 13.1. The molecule has 0 unspecified atom stereocenters. The van der Waals surface area contributed by atoms with E-state index in [1.807, 2.05) is 6.07 Å². The minimum atomic E-state index is 0.0520. The van der Waals surface area contributed by atoms with Gasteiger partial charge in [0.2, 0.25) is 0 Å². The Labute approximate surface area is 135 Å². The monoisotopic (exact) mass is 309 g/mol. The number of nitriles is 1. The molecular formula is C17H19N5O. The summed E-state index contributed by atoms with van der Waals surface area (Å²) >= 11 is 0. The maximum absolute atomic E-state index is 12.1. The molecule has 1 fully saturated rings. The molecule has 0 radical (unpaired) electrons. The fourth-order valence-electron chi connectivity index (χ4n) is 2.95. The van der Waals surface area contributed by atoms with Crippen molar-refractivity contribution in [2.24, 2.45) is 5.92 Å². The Hall–Kier alpha value is -2.68. The molecule has 2 aromatic rings. The van der Waals surface area contributed by atoms with Gasteiger partial charge in [0.15, 0.2) is 0 Å². The Morgan fingerprint density at radius 3 is 2.74 bits per heavy atom. The SMILES string of the molecule is Cc1cncn(CC2CCN(c3ccc(C#N)cn3)CC2)c1=O. The van der Waals surface area contributed by atoms with Crippen LogP contribution in [-0.2, 0) is 6.54 Å². The molecule has 3 rings (SSSR count). The smallest absolute Gasteiger partial charge is 0.256 e. The van der Waals surface area contributed by atoms with E-state index in [4.69, 9.17) is 5.26 Å². The Bertz CT molecular complexity index is 767. The van der Waals surface area contributed by atoms with E-state index in [-0.39, 0.29) is 5.56 Å². The van der Waals surface area contributed by atoms with Gasteiger partial charge < -0.3 is 4.90 Å². The van der Waals surface area contributed by atoms with Gasteiger partial charge >= 0.3 is 0 Å². The van der Waals surface area contributed by atoms with E-state index in [9.17, 15) is 4.79 Å². The molecule has 0 atom stereocenters. The van der Waals surface area contributed by atoms with Gasteiger partial charge in [-0.3, -0.25) is 9.36 Å². The lowest BCUT2D eigenvalue weighted by molar-refractivity contribution is 0.350. The third-order valence-electron chi connectivity index (χ3n) is 4.34. The highest BCUT2D eigenvalue weighted by Crippen LogP contribution is 2.22. The molecule has 0 amide bonds. The Balaban J connectivity index is 1.61. The maximum atomic E-state index is 12.1. The average Bonchev–Trinajstić information content (AvgIpc) is 2.60. The van der Waals surface area contributed by atoms with Crippen LogP contribution < -0.4 is 10.5 Å². The van der Waals surface area contributed by atoms with Crippen molar-refractivity contribution in [3.05, 3.63) is 52.3 Å². The summed E-state index contributed by atoms with van der Waals surface area (Å²) in [7, 11) is 0. The van der Waals surface area contributed by atoms with Crippen LogP contribution in [0.5, 0.6) is 0 Å². The molecule has 1 aliphatic rings. The summed E-state index contributed by atoms with van der Waals surface area (Å²) in [5, 5.41) is 8.82. The predicted octanol–water partition coefficient (Wildman–Crippen LogP) is 1.73. The molecule has 2 aromatic heterocycles. The minimum absolute atomic E-state index is 0.0520. The second-order valence-electron chi connectivity index (χ2n) is 5.98. The third kappa shape index (κ3) is 3.39. The fraction of sp³-hybridized carbons (Fsp3) is 0.412. The Kier molecular flexibility index (Phi) is 4.38. The lowest BCUT2D eigenvalue weighted by Gasteiger charge is -2.33. The lowest BCUT2D eigenvalue weighted by Crippen LogP contribution is -2.37. The van der Waals surface area contributed by atoms with Gasteiger partial charge in [-0.25, -0.2) is 9.97 Å². The summed E-state index contributed by atoms with van der Waals surface area (Å²) in [4.78, 5) is 22.7. The van der Waals surface area contributed by atoms with Crippen molar-refractivity contribution in [1.82, 2.24) is 14.5 Å². The zero-order chi connectivity index (χ0) is 16.2. The number of pyridine rings is 1. The van der Waals surface area contributed by atoms with Crippen molar-refractivity contribution < 1.29 is 0 Å². The van der Waals surface area contributed by atoms with E-state index in [0.717, 1.165) is 38.3 Å². The summed E-state index contributed by atoms with van der Waals surface area (Å²) in [5.41, 5.74) is 1.32. The number of hydrogen-bond donors (Lipinski definition) is 0. The van der Waals surface area contributed by atoms with Crippen LogP contribution in [0.1, 0.15) is 24.0 Å². The van der Waals surface area contributed by atoms with E-state index < -0.39 is 0 Å². The van der Waals surface area contributed by atoms with Crippen LogP contribution in [0.25, 0.3) is 0 Å². The van der Waals surface area contributed by atoms with Crippen LogP contribution in [0.3, 0.4) is 0 Å². The van der Waals surface area contributed by atoms with Crippen LogP contribution in [0.4, 0.5) is 5.82 Å². The number of piperidine rings is 1. The molecule has 0 N–H and O–H groups in total. The first-order chi connectivity index (χ1) is 11.2. The van der Waals surface area contributed by atoms with Crippen LogP contribution in [-0.4, -0.2) is 27.6 Å². The highest BCUT2D eigenvalue weighted by molar-refractivity contribution is 5.42. The Morgan fingerprint density at radius 1 is 1.30 bits per heavy atom. The topological polar surface area (TPSA) is 74.8 Å². The van der Waals surface area contributed by atoms with Crippen molar-refractivity contribution in [2.75, 3.05) is 18.0 Å². The second kappa shape index (κ2) is 6.61. The molecular weight excluding hydrogens is 290 g/mol. The summed E-state index contributed by atoms with van der Waals surface area (Å²) < 4.78 is 1.72. The molecule has 1 aliphatic heterocycles. The lowest BCUT2D eigenvalue weighted by atomic mass is 9.96. The molecule has 6 heteroatoms. The van der Waals surface area contributed by atoms with Gasteiger partial charge in [0.1, 0.15) is 11.9 Å². The predicted molar refractivity (Wildman–Crippen MR) is 87.1 cm³/mol. The summed E-state index contributed by atoms with van der Waals surface area (Å²) in [6.07, 6.45) is 6.88. The van der Waals surface area contributed by atoms with Gasteiger partial charge in [-0.2, -0.15) is 5.26 Å². The van der Waals surface area contributed by atoms with Crippen LogP contribution in [0.15, 0.2) is 35.6 Å². The number of nitrogens with zero attached hydrogens (tertiary/aromatic N) is 5. The van der Waals surface area contributed by atoms with Gasteiger partial charge in [0, 0.05) is 37.6 Å². The van der Waals surface area contributed by atoms with Gasteiger partial charge in [-0.15, -0.1) is 0 Å². The van der Waals surface area contributed by atoms with Gasteiger partial charge in [0.25, 0.3) is 5.56 Å². The highest BCUT2D eigenvalue weighted by atomic mass is 16.1. The first kappa shape index (κ1) is 15.2. The van der Waals surface area contributed by atoms with Crippen molar-refractivity contribution in [3.8, 4) is 6.07 Å². The number of aryl methyl sites for hydroxylation is 1. The van der Waals surface area contributed by atoms with Crippen LogP contribution in [0.2, 0.25) is 0 Å². The van der Waals surface area contributed by atoms with Crippen LogP contribution >= 0.6 is 0 Å². The molecule has 0 aliphatic carbocycles. The third-order valence-corrected chi connectivity index (χ3v) is 4.34. The quantitative estimate of drug-likeness (QED) is 0.863. The van der Waals surface area contributed by atoms with E-state index in [1.165, 1.54) is 0 Å². The summed E-state index contributed by atoms with van der Waals surface area (Å²) in [6, 6.07) is 5.78. The first-order valence-corrected chi connectivity index (χ1v) is 7.79. The highest BCUT2D eigenvalue weighted by Gasteiger charge is 2.21. The molecule has 3 heterocycles. The summed E-state index contributed by atoms with van der Waals surface area (Å²) in [6.45, 7) is 4.35. The molecule has 118 valence electrons. The summed E-state index contributed by atoms with van der Waals surface area (Å²) in [5.74, 6) is 1.39. The van der Waals surface area contributed by atoms with Gasteiger partial charge in [-0.1, -0.05) is 0 Å². The average molecular weight is 309 g/mol. The standard InChI is InChI=1S/C17H19N5O/c1-13-9-19-12-22(17(13)23)11-14-4-6-21(7-5-14)16-3-2-15(8-18)10-20-16/h2-3,9-10,12,14H,4-7,11H2,1H3. The fourth-order valence-corrected chi connectivity index (χ4v) is 2.95. The normalized spacial score (nSPS) is 15.4. The van der Waals surface area contributed by atoms with E-state index >= 15 is 0 Å². The van der Waals surface area contributed by atoms with E-state index in [0.29, 0.717) is 17.0 Å². The first-order valence-electron chi connectivity index (χ1n) is 7.79. The van der Waals surface area contributed by atoms with Crippen molar-refractivity contribution in [2.45, 2.75) is 26.3 Å². The van der Waals surface area contributed by atoms with Crippen molar-refractivity contribution in [3.63, 3.8) is 0 Å². The molecule has 0 saturated carbocycles. The number of anilines is 1. The molecule has 6 nitrogen and oxygen atoms in total. The molecule has 1 saturated heterocycles. The van der Waals surface area contributed by atoms with Crippen LogP contribution in [0, 0.1) is 24.2 Å².